The Hall–Kier alpha value is -1.71. The molecule has 0 bridgehead atoms. The molecule has 1 fully saturated rings. The van der Waals surface area contributed by atoms with Crippen molar-refractivity contribution >= 4 is 23.4 Å². The van der Waals surface area contributed by atoms with E-state index in [1.807, 2.05) is 29.4 Å². The Morgan fingerprint density at radius 3 is 3.05 bits per heavy atom. The third-order valence-electron chi connectivity index (χ3n) is 3.25. The minimum atomic E-state index is -0.502. The van der Waals surface area contributed by atoms with Crippen molar-refractivity contribution in [3.63, 3.8) is 0 Å². The molecule has 0 amide bonds. The van der Waals surface area contributed by atoms with Crippen LogP contribution < -0.4 is 4.90 Å². The molecule has 0 aromatic heterocycles. The molecule has 1 aliphatic heterocycles. The van der Waals surface area contributed by atoms with Gasteiger partial charge in [-0.15, -0.1) is 11.8 Å². The number of anilines is 1. The second-order valence-corrected chi connectivity index (χ2v) is 5.12. The maximum atomic E-state index is 11.9. The second-order valence-electron chi connectivity index (χ2n) is 4.27. The third-order valence-corrected chi connectivity index (χ3v) is 4.03. The standard InChI is InChI=1S/C14H16N2O3S/c1-18-14(17)12-9-19-7-6-16(12)11-4-3-5-13(20-2)10(11)8-15/h3-5,12H,6-7,9H2,1-2H3. The first-order valence-electron chi connectivity index (χ1n) is 6.22. The lowest BCUT2D eigenvalue weighted by atomic mass is 10.1. The van der Waals surface area contributed by atoms with Crippen molar-refractivity contribution in [2.45, 2.75) is 10.9 Å². The van der Waals surface area contributed by atoms with Crippen LogP contribution in [0.3, 0.4) is 0 Å². The highest BCUT2D eigenvalue weighted by molar-refractivity contribution is 7.98. The summed E-state index contributed by atoms with van der Waals surface area (Å²) in [4.78, 5) is 14.7. The van der Waals surface area contributed by atoms with Crippen molar-refractivity contribution in [1.29, 1.82) is 5.26 Å². The summed E-state index contributed by atoms with van der Waals surface area (Å²) < 4.78 is 10.2. The molecular weight excluding hydrogens is 276 g/mol. The van der Waals surface area contributed by atoms with E-state index in [-0.39, 0.29) is 12.6 Å². The molecule has 106 valence electrons. The molecule has 2 rings (SSSR count). The summed E-state index contributed by atoms with van der Waals surface area (Å²) in [5.41, 5.74) is 1.36. The normalized spacial score (nSPS) is 18.4. The zero-order valence-electron chi connectivity index (χ0n) is 11.5. The number of rotatable bonds is 3. The molecule has 1 unspecified atom stereocenters. The van der Waals surface area contributed by atoms with Gasteiger partial charge < -0.3 is 14.4 Å². The maximum absolute atomic E-state index is 11.9. The first-order valence-corrected chi connectivity index (χ1v) is 7.44. The van der Waals surface area contributed by atoms with Crippen LogP contribution in [0.2, 0.25) is 0 Å². The fourth-order valence-corrected chi connectivity index (χ4v) is 2.83. The molecule has 6 heteroatoms. The molecule has 20 heavy (non-hydrogen) atoms. The molecule has 0 aliphatic carbocycles. The van der Waals surface area contributed by atoms with Crippen LogP contribution in [-0.4, -0.2) is 45.1 Å². The van der Waals surface area contributed by atoms with Gasteiger partial charge in [0.15, 0.2) is 6.04 Å². The monoisotopic (exact) mass is 292 g/mol. The van der Waals surface area contributed by atoms with Gasteiger partial charge in [-0.3, -0.25) is 0 Å². The SMILES string of the molecule is COC(=O)C1COCCN1c1cccc(SC)c1C#N. The molecule has 1 heterocycles. The molecule has 0 N–H and O–H groups in total. The molecule has 1 aromatic carbocycles. The van der Waals surface area contributed by atoms with Crippen molar-refractivity contribution in [1.82, 2.24) is 0 Å². The number of benzene rings is 1. The molecule has 1 atom stereocenters. The molecule has 0 radical (unpaired) electrons. The summed E-state index contributed by atoms with van der Waals surface area (Å²) in [6, 6.07) is 7.39. The van der Waals surface area contributed by atoms with Crippen molar-refractivity contribution in [3.05, 3.63) is 23.8 Å². The van der Waals surface area contributed by atoms with E-state index in [0.29, 0.717) is 18.7 Å². The van der Waals surface area contributed by atoms with Crippen molar-refractivity contribution in [3.8, 4) is 6.07 Å². The highest BCUT2D eigenvalue weighted by Crippen LogP contribution is 2.31. The number of esters is 1. The van der Waals surface area contributed by atoms with E-state index < -0.39 is 6.04 Å². The number of hydrogen-bond acceptors (Lipinski definition) is 6. The summed E-state index contributed by atoms with van der Waals surface area (Å²) in [5, 5.41) is 9.41. The highest BCUT2D eigenvalue weighted by Gasteiger charge is 2.32. The summed E-state index contributed by atoms with van der Waals surface area (Å²) >= 11 is 1.52. The Labute approximate surface area is 122 Å². The van der Waals surface area contributed by atoms with Gasteiger partial charge in [-0.2, -0.15) is 5.26 Å². The predicted octanol–water partition coefficient (Wildman–Crippen LogP) is 1.66. The molecule has 1 saturated heterocycles. The zero-order chi connectivity index (χ0) is 14.5. The largest absolute Gasteiger partial charge is 0.467 e. The average molecular weight is 292 g/mol. The van der Waals surface area contributed by atoms with E-state index >= 15 is 0 Å². The van der Waals surface area contributed by atoms with E-state index in [1.165, 1.54) is 18.9 Å². The number of methoxy groups -OCH3 is 1. The van der Waals surface area contributed by atoms with Gasteiger partial charge in [0.05, 0.1) is 31.6 Å². The lowest BCUT2D eigenvalue weighted by Crippen LogP contribution is -2.50. The fourth-order valence-electron chi connectivity index (χ4n) is 2.26. The van der Waals surface area contributed by atoms with Gasteiger partial charge in [0.2, 0.25) is 0 Å². The van der Waals surface area contributed by atoms with Gasteiger partial charge in [0.1, 0.15) is 6.07 Å². The minimum absolute atomic E-state index is 0.279. The van der Waals surface area contributed by atoms with E-state index in [4.69, 9.17) is 9.47 Å². The Morgan fingerprint density at radius 1 is 1.60 bits per heavy atom. The number of carbonyl (C=O) groups excluding carboxylic acids is 1. The van der Waals surface area contributed by atoms with Crippen LogP contribution in [0.5, 0.6) is 0 Å². The minimum Gasteiger partial charge on any atom is -0.467 e. The predicted molar refractivity (Wildman–Crippen MR) is 76.9 cm³/mol. The van der Waals surface area contributed by atoms with Gasteiger partial charge in [-0.1, -0.05) is 6.07 Å². The molecule has 0 spiro atoms. The Kier molecular flexibility index (Phi) is 4.88. The number of thioether (sulfide) groups is 1. The van der Waals surface area contributed by atoms with Crippen molar-refractivity contribution in [2.24, 2.45) is 0 Å². The van der Waals surface area contributed by atoms with Gasteiger partial charge in [0.25, 0.3) is 0 Å². The third kappa shape index (κ3) is 2.74. The second kappa shape index (κ2) is 6.64. The Morgan fingerprint density at radius 2 is 2.40 bits per heavy atom. The van der Waals surface area contributed by atoms with Crippen LogP contribution in [0.1, 0.15) is 5.56 Å². The van der Waals surface area contributed by atoms with Crippen molar-refractivity contribution < 1.29 is 14.3 Å². The number of morpholine rings is 1. The van der Waals surface area contributed by atoms with Gasteiger partial charge in [-0.05, 0) is 18.4 Å². The summed E-state index contributed by atoms with van der Waals surface area (Å²) in [6.07, 6.45) is 1.93. The number of nitrogens with zero attached hydrogens (tertiary/aromatic N) is 2. The fraction of sp³-hybridized carbons (Fsp3) is 0.429. The average Bonchev–Trinajstić information content (AvgIpc) is 2.53. The maximum Gasteiger partial charge on any atom is 0.330 e. The first-order chi connectivity index (χ1) is 9.72. The Bertz CT molecular complexity index is 542. The molecule has 0 saturated carbocycles. The van der Waals surface area contributed by atoms with Crippen LogP contribution in [0.4, 0.5) is 5.69 Å². The molecule has 1 aromatic rings. The molecular formula is C14H16N2O3S. The lowest BCUT2D eigenvalue weighted by molar-refractivity contribution is -0.144. The Balaban J connectivity index is 2.43. The van der Waals surface area contributed by atoms with Crippen LogP contribution in [-0.2, 0) is 14.3 Å². The van der Waals surface area contributed by atoms with Crippen LogP contribution in [0.15, 0.2) is 23.1 Å². The summed E-state index contributed by atoms with van der Waals surface area (Å²) in [7, 11) is 1.36. The van der Waals surface area contributed by atoms with Gasteiger partial charge in [0, 0.05) is 11.4 Å². The highest BCUT2D eigenvalue weighted by atomic mass is 32.2. The lowest BCUT2D eigenvalue weighted by Gasteiger charge is -2.36. The smallest absolute Gasteiger partial charge is 0.330 e. The van der Waals surface area contributed by atoms with Crippen molar-refractivity contribution in [2.75, 3.05) is 38.0 Å². The molecule has 5 nitrogen and oxygen atoms in total. The summed E-state index contributed by atoms with van der Waals surface area (Å²) in [6.45, 7) is 1.37. The van der Waals surface area contributed by atoms with Gasteiger partial charge in [-0.25, -0.2) is 4.79 Å². The number of hydrogen-bond donors (Lipinski definition) is 0. The number of ether oxygens (including phenoxy) is 2. The van der Waals surface area contributed by atoms with E-state index in [9.17, 15) is 10.1 Å². The van der Waals surface area contributed by atoms with E-state index in [0.717, 1.165) is 10.6 Å². The zero-order valence-corrected chi connectivity index (χ0v) is 12.3. The van der Waals surface area contributed by atoms with Crippen LogP contribution in [0.25, 0.3) is 0 Å². The summed E-state index contributed by atoms with van der Waals surface area (Å²) in [5.74, 6) is -0.344. The number of carbonyl (C=O) groups is 1. The van der Waals surface area contributed by atoms with E-state index in [2.05, 4.69) is 6.07 Å². The first kappa shape index (κ1) is 14.7. The number of nitriles is 1. The van der Waals surface area contributed by atoms with Gasteiger partial charge >= 0.3 is 5.97 Å². The van der Waals surface area contributed by atoms with E-state index in [1.54, 1.807) is 0 Å². The van der Waals surface area contributed by atoms with Crippen LogP contribution >= 0.6 is 11.8 Å². The molecule has 1 aliphatic rings. The topological polar surface area (TPSA) is 62.6 Å². The quantitative estimate of drug-likeness (QED) is 0.623. The van der Waals surface area contributed by atoms with Crippen LogP contribution in [0, 0.1) is 11.3 Å².